The molecular weight excluding hydrogens is 261 g/mol. The maximum atomic E-state index is 13.6. The van der Waals surface area contributed by atoms with Gasteiger partial charge in [0, 0.05) is 32.2 Å². The Morgan fingerprint density at radius 2 is 2.05 bits per heavy atom. The number of urea groups is 1. The molecule has 0 heterocycles. The van der Waals surface area contributed by atoms with Gasteiger partial charge in [0.1, 0.15) is 5.82 Å². The molecule has 20 heavy (non-hydrogen) atoms. The van der Waals surface area contributed by atoms with Crippen molar-refractivity contribution in [2.45, 2.75) is 13.1 Å². The van der Waals surface area contributed by atoms with E-state index in [9.17, 15) is 9.18 Å². The maximum Gasteiger partial charge on any atom is 0.317 e. The van der Waals surface area contributed by atoms with E-state index in [1.54, 1.807) is 19.2 Å². The van der Waals surface area contributed by atoms with Crippen LogP contribution in [0.2, 0.25) is 0 Å². The zero-order valence-electron chi connectivity index (χ0n) is 12.2. The zero-order valence-corrected chi connectivity index (χ0v) is 12.2. The van der Waals surface area contributed by atoms with E-state index in [1.165, 1.54) is 11.0 Å². The average Bonchev–Trinajstić information content (AvgIpc) is 2.39. The first kappa shape index (κ1) is 16.4. The second-order valence-electron chi connectivity index (χ2n) is 4.97. The van der Waals surface area contributed by atoms with Gasteiger partial charge in [-0.1, -0.05) is 6.07 Å². The summed E-state index contributed by atoms with van der Waals surface area (Å²) in [6, 6.07) is 4.55. The number of carbonyl (C=O) groups is 1. The van der Waals surface area contributed by atoms with E-state index in [1.807, 2.05) is 19.0 Å². The quantitative estimate of drug-likeness (QED) is 0.819. The van der Waals surface area contributed by atoms with Gasteiger partial charge in [-0.25, -0.2) is 9.18 Å². The Hall–Kier alpha value is -1.66. The molecule has 112 valence electrons. The molecule has 2 amide bonds. The normalized spacial score (nSPS) is 10.7. The van der Waals surface area contributed by atoms with Crippen LogP contribution in [0.5, 0.6) is 0 Å². The molecule has 0 saturated carbocycles. The Morgan fingerprint density at radius 3 is 2.65 bits per heavy atom. The molecule has 0 aliphatic rings. The lowest BCUT2D eigenvalue weighted by Gasteiger charge is -2.17. The Labute approximate surface area is 119 Å². The van der Waals surface area contributed by atoms with Gasteiger partial charge in [0.15, 0.2) is 0 Å². The first-order chi connectivity index (χ1) is 9.43. The molecule has 0 radical (unpaired) electrons. The molecule has 2 N–H and O–H groups in total. The van der Waals surface area contributed by atoms with Crippen LogP contribution >= 0.6 is 0 Å². The highest BCUT2D eigenvalue weighted by Gasteiger charge is 2.09. The number of aliphatic hydroxyl groups excluding tert-OH is 1. The lowest BCUT2D eigenvalue weighted by Crippen LogP contribution is -2.38. The van der Waals surface area contributed by atoms with Crippen molar-refractivity contribution in [2.24, 2.45) is 0 Å². The number of halogens is 1. The second kappa shape index (κ2) is 7.81. The van der Waals surface area contributed by atoms with E-state index in [4.69, 9.17) is 5.11 Å². The Morgan fingerprint density at radius 1 is 1.35 bits per heavy atom. The van der Waals surface area contributed by atoms with E-state index < -0.39 is 0 Å². The smallest absolute Gasteiger partial charge is 0.317 e. The fourth-order valence-corrected chi connectivity index (χ4v) is 1.76. The summed E-state index contributed by atoms with van der Waals surface area (Å²) in [5.41, 5.74) is 1.44. The van der Waals surface area contributed by atoms with Crippen LogP contribution in [0.15, 0.2) is 18.2 Å². The average molecular weight is 283 g/mol. The molecule has 1 aromatic carbocycles. The van der Waals surface area contributed by atoms with Crippen molar-refractivity contribution in [3.05, 3.63) is 35.1 Å². The third kappa shape index (κ3) is 5.14. The van der Waals surface area contributed by atoms with Crippen molar-refractivity contribution >= 4 is 6.03 Å². The number of nitrogens with zero attached hydrogens (tertiary/aromatic N) is 2. The molecule has 0 aromatic heterocycles. The lowest BCUT2D eigenvalue weighted by molar-refractivity contribution is 0.190. The van der Waals surface area contributed by atoms with Crippen LogP contribution in [0.4, 0.5) is 9.18 Å². The van der Waals surface area contributed by atoms with Crippen LogP contribution in [0, 0.1) is 5.82 Å². The maximum absolute atomic E-state index is 13.6. The topological polar surface area (TPSA) is 55.8 Å². The van der Waals surface area contributed by atoms with E-state index in [0.717, 1.165) is 5.56 Å². The van der Waals surface area contributed by atoms with Crippen LogP contribution in [0.1, 0.15) is 11.1 Å². The summed E-state index contributed by atoms with van der Waals surface area (Å²) in [5.74, 6) is -0.244. The highest BCUT2D eigenvalue weighted by Crippen LogP contribution is 2.12. The number of hydrogen-bond donors (Lipinski definition) is 2. The predicted molar refractivity (Wildman–Crippen MR) is 75.7 cm³/mol. The van der Waals surface area contributed by atoms with Crippen molar-refractivity contribution in [1.29, 1.82) is 0 Å². The van der Waals surface area contributed by atoms with Crippen LogP contribution in [-0.2, 0) is 13.1 Å². The van der Waals surface area contributed by atoms with E-state index in [2.05, 4.69) is 5.32 Å². The van der Waals surface area contributed by atoms with Gasteiger partial charge in [0.2, 0.25) is 0 Å². The molecule has 1 rings (SSSR count). The summed E-state index contributed by atoms with van der Waals surface area (Å²) < 4.78 is 13.6. The SMILES string of the molecule is CN(C)Cc1cc(CNC(=O)N(C)CCO)ccc1F. The molecule has 0 unspecified atom stereocenters. The number of aliphatic hydroxyl groups is 1. The van der Waals surface area contributed by atoms with Gasteiger partial charge >= 0.3 is 6.03 Å². The number of hydrogen-bond acceptors (Lipinski definition) is 3. The fourth-order valence-electron chi connectivity index (χ4n) is 1.76. The van der Waals surface area contributed by atoms with Gasteiger partial charge in [-0.15, -0.1) is 0 Å². The highest BCUT2D eigenvalue weighted by atomic mass is 19.1. The van der Waals surface area contributed by atoms with Gasteiger partial charge in [-0.2, -0.15) is 0 Å². The van der Waals surface area contributed by atoms with E-state index >= 15 is 0 Å². The van der Waals surface area contributed by atoms with Crippen LogP contribution in [0.3, 0.4) is 0 Å². The van der Waals surface area contributed by atoms with Gasteiger partial charge < -0.3 is 20.2 Å². The van der Waals surface area contributed by atoms with Crippen molar-refractivity contribution in [2.75, 3.05) is 34.3 Å². The number of carbonyl (C=O) groups excluding carboxylic acids is 1. The van der Waals surface area contributed by atoms with Gasteiger partial charge in [-0.05, 0) is 31.8 Å². The third-order valence-electron chi connectivity index (χ3n) is 2.82. The molecule has 6 heteroatoms. The van der Waals surface area contributed by atoms with Crippen LogP contribution < -0.4 is 5.32 Å². The number of likely N-dealkylation sites (N-methyl/N-ethyl adjacent to an activating group) is 1. The van der Waals surface area contributed by atoms with E-state index in [0.29, 0.717) is 18.7 Å². The van der Waals surface area contributed by atoms with Gasteiger partial charge in [0.05, 0.1) is 6.61 Å². The first-order valence-corrected chi connectivity index (χ1v) is 6.46. The van der Waals surface area contributed by atoms with Crippen molar-refractivity contribution in [3.8, 4) is 0 Å². The van der Waals surface area contributed by atoms with Crippen molar-refractivity contribution < 1.29 is 14.3 Å². The molecular formula is C14H22FN3O2. The highest BCUT2D eigenvalue weighted by molar-refractivity contribution is 5.73. The predicted octanol–water partition coefficient (Wildman–Crippen LogP) is 1.02. The number of nitrogens with one attached hydrogen (secondary N) is 1. The molecule has 0 aliphatic carbocycles. The van der Waals surface area contributed by atoms with Crippen LogP contribution in [0.25, 0.3) is 0 Å². The number of amides is 2. The summed E-state index contributed by atoms with van der Waals surface area (Å²) in [6.07, 6.45) is 0. The Balaban J connectivity index is 2.62. The zero-order chi connectivity index (χ0) is 15.1. The minimum Gasteiger partial charge on any atom is -0.395 e. The number of rotatable bonds is 6. The number of benzene rings is 1. The minimum absolute atomic E-state index is 0.0759. The molecule has 0 fully saturated rings. The molecule has 5 nitrogen and oxygen atoms in total. The molecule has 0 spiro atoms. The second-order valence-corrected chi connectivity index (χ2v) is 4.97. The van der Waals surface area contributed by atoms with Crippen molar-refractivity contribution in [1.82, 2.24) is 15.1 Å². The molecule has 0 aliphatic heterocycles. The first-order valence-electron chi connectivity index (χ1n) is 6.46. The summed E-state index contributed by atoms with van der Waals surface area (Å²) in [7, 11) is 5.35. The molecule has 0 atom stereocenters. The van der Waals surface area contributed by atoms with Crippen molar-refractivity contribution in [3.63, 3.8) is 0 Å². The standard InChI is InChI=1S/C14H22FN3O2/c1-17(2)10-12-8-11(4-5-13(12)15)9-16-14(20)18(3)6-7-19/h4-5,8,19H,6-7,9-10H2,1-3H3,(H,16,20). The molecule has 1 aromatic rings. The van der Waals surface area contributed by atoms with Gasteiger partial charge in [0.25, 0.3) is 0 Å². The molecule has 0 saturated heterocycles. The fraction of sp³-hybridized carbons (Fsp3) is 0.500. The summed E-state index contributed by atoms with van der Waals surface area (Å²) in [5, 5.41) is 11.5. The van der Waals surface area contributed by atoms with Gasteiger partial charge in [-0.3, -0.25) is 0 Å². The summed E-state index contributed by atoms with van der Waals surface area (Å²) in [6.45, 7) is 1.04. The largest absolute Gasteiger partial charge is 0.395 e. The van der Waals surface area contributed by atoms with Crippen LogP contribution in [-0.4, -0.2) is 55.2 Å². The Kier molecular flexibility index (Phi) is 6.41. The molecule has 0 bridgehead atoms. The lowest BCUT2D eigenvalue weighted by atomic mass is 10.1. The summed E-state index contributed by atoms with van der Waals surface area (Å²) >= 11 is 0. The Bertz CT molecular complexity index is 452. The summed E-state index contributed by atoms with van der Waals surface area (Å²) in [4.78, 5) is 14.9. The monoisotopic (exact) mass is 283 g/mol. The minimum atomic E-state index is -0.266. The third-order valence-corrected chi connectivity index (χ3v) is 2.82. The van der Waals surface area contributed by atoms with E-state index in [-0.39, 0.29) is 25.0 Å².